The van der Waals surface area contributed by atoms with Crippen LogP contribution in [0.2, 0.25) is 0 Å². The monoisotopic (exact) mass is 340 g/mol. The summed E-state index contributed by atoms with van der Waals surface area (Å²) in [6.07, 6.45) is -4.30. The van der Waals surface area contributed by atoms with E-state index in [1.807, 2.05) is 0 Å². The third-order valence-corrected chi connectivity index (χ3v) is 2.87. The van der Waals surface area contributed by atoms with Crippen molar-refractivity contribution in [2.24, 2.45) is 0 Å². The molecule has 0 aliphatic carbocycles. The van der Waals surface area contributed by atoms with Crippen LogP contribution in [0.5, 0.6) is 5.75 Å². The number of nitrogen functional groups attached to an aromatic ring is 1. The summed E-state index contributed by atoms with van der Waals surface area (Å²) in [6, 6.07) is 8.72. The molecule has 6 nitrogen and oxygen atoms in total. The number of halogens is 3. The van der Waals surface area contributed by atoms with E-state index >= 15 is 0 Å². The molecular weight excluding hydrogens is 329 g/mol. The summed E-state index contributed by atoms with van der Waals surface area (Å²) in [5, 5.41) is 21.4. The van der Waals surface area contributed by atoms with E-state index in [2.05, 4.69) is 5.16 Å². The van der Waals surface area contributed by atoms with Gasteiger partial charge in [-0.25, -0.2) is 4.79 Å². The maximum absolute atomic E-state index is 11.9. The van der Waals surface area contributed by atoms with Crippen LogP contribution in [0.25, 0.3) is 11.0 Å². The van der Waals surface area contributed by atoms with Gasteiger partial charge in [-0.15, -0.1) is 0 Å². The van der Waals surface area contributed by atoms with Gasteiger partial charge in [-0.1, -0.05) is 11.2 Å². The SMILES string of the molecule is Nc1cccc(C(F)(F)F)c1.O=C(O)c1noc2cc(O)ccc12. The van der Waals surface area contributed by atoms with E-state index < -0.39 is 17.7 Å². The maximum Gasteiger partial charge on any atom is 0.416 e. The van der Waals surface area contributed by atoms with Gasteiger partial charge in [0.2, 0.25) is 0 Å². The molecule has 3 aromatic rings. The van der Waals surface area contributed by atoms with E-state index in [1.165, 1.54) is 30.3 Å². The first kappa shape index (κ1) is 17.1. The summed E-state index contributed by atoms with van der Waals surface area (Å²) in [7, 11) is 0. The van der Waals surface area contributed by atoms with E-state index in [0.29, 0.717) is 5.39 Å². The number of aromatic carboxylic acids is 1. The average Bonchev–Trinajstić information content (AvgIpc) is 2.90. The molecular formula is C15H11F3N2O4. The summed E-state index contributed by atoms with van der Waals surface area (Å²) >= 11 is 0. The van der Waals surface area contributed by atoms with E-state index in [-0.39, 0.29) is 22.7 Å². The number of carbonyl (C=O) groups is 1. The second-order valence-corrected chi connectivity index (χ2v) is 4.64. The fourth-order valence-electron chi connectivity index (χ4n) is 1.80. The highest BCUT2D eigenvalue weighted by Gasteiger charge is 2.30. The Kier molecular flexibility index (Phi) is 4.63. The largest absolute Gasteiger partial charge is 0.508 e. The standard InChI is InChI=1S/C8H5NO4.C7H6F3N/c10-4-1-2-5-6(3-4)13-9-7(5)8(11)12;8-7(9,10)5-2-1-3-6(11)4-5/h1-3,10H,(H,11,12);1-4H,11H2. The molecule has 2 aromatic carbocycles. The van der Waals surface area contributed by atoms with Gasteiger partial charge in [0.25, 0.3) is 0 Å². The number of aromatic hydroxyl groups is 1. The van der Waals surface area contributed by atoms with Crippen LogP contribution in [0.15, 0.2) is 47.0 Å². The number of benzene rings is 2. The third kappa shape index (κ3) is 3.94. The Morgan fingerprint density at radius 2 is 1.88 bits per heavy atom. The number of anilines is 1. The number of nitrogens with zero attached hydrogens (tertiary/aromatic N) is 1. The molecule has 0 fully saturated rings. The van der Waals surface area contributed by atoms with Gasteiger partial charge in [-0.2, -0.15) is 13.2 Å². The molecule has 0 radical (unpaired) electrons. The van der Waals surface area contributed by atoms with Gasteiger partial charge >= 0.3 is 12.1 Å². The van der Waals surface area contributed by atoms with Crippen molar-refractivity contribution in [3.63, 3.8) is 0 Å². The Balaban J connectivity index is 0.000000177. The first-order valence-corrected chi connectivity index (χ1v) is 6.43. The molecule has 1 aromatic heterocycles. The minimum absolute atomic E-state index is 0.0144. The van der Waals surface area contributed by atoms with E-state index in [4.69, 9.17) is 20.5 Å². The lowest BCUT2D eigenvalue weighted by Gasteiger charge is -2.05. The number of phenols is 1. The van der Waals surface area contributed by atoms with Crippen molar-refractivity contribution in [2.45, 2.75) is 6.18 Å². The zero-order valence-corrected chi connectivity index (χ0v) is 11.9. The fraction of sp³-hybridized carbons (Fsp3) is 0.0667. The second-order valence-electron chi connectivity index (χ2n) is 4.64. The smallest absolute Gasteiger partial charge is 0.416 e. The van der Waals surface area contributed by atoms with Gasteiger partial charge in [0, 0.05) is 11.8 Å². The Hall–Kier alpha value is -3.23. The first-order valence-electron chi connectivity index (χ1n) is 6.43. The Morgan fingerprint density at radius 1 is 1.17 bits per heavy atom. The van der Waals surface area contributed by atoms with Crippen LogP contribution in [0.1, 0.15) is 16.1 Å². The lowest BCUT2D eigenvalue weighted by molar-refractivity contribution is -0.137. The fourth-order valence-corrected chi connectivity index (χ4v) is 1.80. The topological polar surface area (TPSA) is 110 Å². The highest BCUT2D eigenvalue weighted by Crippen LogP contribution is 2.29. The molecule has 0 bridgehead atoms. The maximum atomic E-state index is 11.9. The van der Waals surface area contributed by atoms with Crippen LogP contribution in [-0.2, 0) is 6.18 Å². The van der Waals surface area contributed by atoms with Crippen molar-refractivity contribution in [3.8, 4) is 5.75 Å². The molecule has 0 aliphatic rings. The third-order valence-electron chi connectivity index (χ3n) is 2.87. The minimum Gasteiger partial charge on any atom is -0.508 e. The van der Waals surface area contributed by atoms with Gasteiger partial charge in [0.1, 0.15) is 5.75 Å². The van der Waals surface area contributed by atoms with Crippen LogP contribution in [-0.4, -0.2) is 21.3 Å². The number of aromatic nitrogens is 1. The predicted octanol–water partition coefficient (Wildman–Crippen LogP) is 3.52. The molecule has 0 spiro atoms. The van der Waals surface area contributed by atoms with Crippen molar-refractivity contribution in [1.29, 1.82) is 0 Å². The van der Waals surface area contributed by atoms with Crippen LogP contribution >= 0.6 is 0 Å². The zero-order valence-electron chi connectivity index (χ0n) is 11.9. The van der Waals surface area contributed by atoms with E-state index in [1.54, 1.807) is 0 Å². The number of fused-ring (bicyclic) bond motifs is 1. The van der Waals surface area contributed by atoms with Gasteiger partial charge < -0.3 is 20.5 Å². The van der Waals surface area contributed by atoms with Crippen LogP contribution in [0.3, 0.4) is 0 Å². The summed E-state index contributed by atoms with van der Waals surface area (Å²) < 4.78 is 40.4. The lowest BCUT2D eigenvalue weighted by atomic mass is 10.2. The molecule has 0 atom stereocenters. The average molecular weight is 340 g/mol. The number of hydrogen-bond acceptors (Lipinski definition) is 5. The summed E-state index contributed by atoms with van der Waals surface area (Å²) in [4.78, 5) is 10.6. The van der Waals surface area contributed by atoms with Gasteiger partial charge in [-0.05, 0) is 30.3 Å². The van der Waals surface area contributed by atoms with Crippen molar-refractivity contribution in [2.75, 3.05) is 5.73 Å². The Bertz CT molecular complexity index is 875. The normalized spacial score (nSPS) is 11.0. The van der Waals surface area contributed by atoms with Gasteiger partial charge in [0.05, 0.1) is 10.9 Å². The number of phenolic OH excluding ortho intramolecular Hbond substituents is 1. The number of alkyl halides is 3. The molecule has 3 rings (SSSR count). The number of hydrogen-bond donors (Lipinski definition) is 3. The molecule has 0 saturated heterocycles. The van der Waals surface area contributed by atoms with Gasteiger partial charge in [-0.3, -0.25) is 0 Å². The van der Waals surface area contributed by atoms with Crippen LogP contribution < -0.4 is 5.73 Å². The molecule has 0 amide bonds. The molecule has 0 aliphatic heterocycles. The minimum atomic E-state index is -4.30. The van der Waals surface area contributed by atoms with Crippen molar-refractivity contribution in [1.82, 2.24) is 5.16 Å². The van der Waals surface area contributed by atoms with Crippen molar-refractivity contribution >= 4 is 22.6 Å². The molecule has 9 heteroatoms. The summed E-state index contributed by atoms with van der Waals surface area (Å²) in [6.45, 7) is 0. The number of nitrogens with two attached hydrogens (primary N) is 1. The second kappa shape index (κ2) is 6.49. The Morgan fingerprint density at radius 3 is 2.42 bits per heavy atom. The van der Waals surface area contributed by atoms with E-state index in [9.17, 15) is 18.0 Å². The molecule has 0 unspecified atom stereocenters. The van der Waals surface area contributed by atoms with Gasteiger partial charge in [0.15, 0.2) is 11.3 Å². The molecule has 0 saturated carbocycles. The van der Waals surface area contributed by atoms with Crippen LogP contribution in [0, 0.1) is 0 Å². The molecule has 24 heavy (non-hydrogen) atoms. The predicted molar refractivity (Wildman–Crippen MR) is 78.5 cm³/mol. The molecule has 126 valence electrons. The Labute approximate surface area is 132 Å². The first-order chi connectivity index (χ1) is 11.2. The van der Waals surface area contributed by atoms with Crippen LogP contribution in [0.4, 0.5) is 18.9 Å². The molecule has 4 N–H and O–H groups in total. The summed E-state index contributed by atoms with van der Waals surface area (Å²) in [5.41, 5.74) is 4.69. The quantitative estimate of drug-likeness (QED) is 0.585. The van der Waals surface area contributed by atoms with Crippen molar-refractivity contribution < 1.29 is 32.7 Å². The summed E-state index contributed by atoms with van der Waals surface area (Å²) in [5.74, 6) is -1.13. The number of rotatable bonds is 1. The highest BCUT2D eigenvalue weighted by molar-refractivity contribution is 6.00. The zero-order chi connectivity index (χ0) is 17.9. The lowest BCUT2D eigenvalue weighted by Crippen LogP contribution is -2.04. The number of carboxylic acids is 1. The molecule has 1 heterocycles. The van der Waals surface area contributed by atoms with Crippen molar-refractivity contribution in [3.05, 3.63) is 53.7 Å². The highest BCUT2D eigenvalue weighted by atomic mass is 19.4. The number of carboxylic acid groups (broad SMARTS) is 1. The van der Waals surface area contributed by atoms with E-state index in [0.717, 1.165) is 12.1 Å².